The second-order valence-corrected chi connectivity index (χ2v) is 5.76. The highest BCUT2D eigenvalue weighted by molar-refractivity contribution is 5.90. The van der Waals surface area contributed by atoms with Crippen LogP contribution in [-0.2, 0) is 4.74 Å². The molecule has 0 aromatic heterocycles. The SMILES string of the molecule is C=C(C)c1ccc(C(=O)OC2(C)CCCCC2)cc1. The molecule has 0 heterocycles. The number of carbonyl (C=O) groups is 1. The van der Waals surface area contributed by atoms with Crippen molar-refractivity contribution < 1.29 is 9.53 Å². The molecule has 0 atom stereocenters. The van der Waals surface area contributed by atoms with Crippen LogP contribution in [0.2, 0.25) is 0 Å². The fourth-order valence-corrected chi connectivity index (χ4v) is 2.58. The molecule has 0 saturated heterocycles. The van der Waals surface area contributed by atoms with E-state index >= 15 is 0 Å². The van der Waals surface area contributed by atoms with Crippen LogP contribution >= 0.6 is 0 Å². The van der Waals surface area contributed by atoms with Gasteiger partial charge in [-0.25, -0.2) is 4.79 Å². The van der Waals surface area contributed by atoms with Crippen LogP contribution in [0.3, 0.4) is 0 Å². The number of hydrogen-bond acceptors (Lipinski definition) is 2. The molecule has 1 aliphatic rings. The van der Waals surface area contributed by atoms with Crippen LogP contribution in [0.5, 0.6) is 0 Å². The molecule has 19 heavy (non-hydrogen) atoms. The second-order valence-electron chi connectivity index (χ2n) is 5.76. The Labute approximate surface area is 115 Å². The van der Waals surface area contributed by atoms with Crippen molar-refractivity contribution in [1.29, 1.82) is 0 Å². The van der Waals surface area contributed by atoms with Crippen LogP contribution in [0.1, 0.15) is 61.9 Å². The molecule has 2 heteroatoms. The minimum absolute atomic E-state index is 0.210. The summed E-state index contributed by atoms with van der Waals surface area (Å²) in [5.41, 5.74) is 2.40. The van der Waals surface area contributed by atoms with Gasteiger partial charge in [0.25, 0.3) is 0 Å². The second kappa shape index (κ2) is 5.60. The van der Waals surface area contributed by atoms with Crippen LogP contribution in [0, 0.1) is 0 Å². The van der Waals surface area contributed by atoms with Crippen LogP contribution in [0.4, 0.5) is 0 Å². The highest BCUT2D eigenvalue weighted by Crippen LogP contribution is 2.31. The van der Waals surface area contributed by atoms with E-state index in [0.29, 0.717) is 5.56 Å². The first-order valence-electron chi connectivity index (χ1n) is 6.99. The van der Waals surface area contributed by atoms with E-state index in [1.54, 1.807) is 0 Å². The van der Waals surface area contributed by atoms with Crippen molar-refractivity contribution in [2.75, 3.05) is 0 Å². The molecule has 1 aromatic carbocycles. The first kappa shape index (κ1) is 13.9. The lowest BCUT2D eigenvalue weighted by atomic mass is 9.86. The molecule has 0 bridgehead atoms. The molecule has 0 aliphatic heterocycles. The number of rotatable bonds is 3. The Hall–Kier alpha value is -1.57. The number of carbonyl (C=O) groups excluding carboxylic acids is 1. The van der Waals surface area contributed by atoms with Crippen LogP contribution in [-0.4, -0.2) is 11.6 Å². The molecule has 1 fully saturated rings. The van der Waals surface area contributed by atoms with E-state index < -0.39 is 0 Å². The summed E-state index contributed by atoms with van der Waals surface area (Å²) in [7, 11) is 0. The van der Waals surface area contributed by atoms with E-state index in [-0.39, 0.29) is 11.6 Å². The lowest BCUT2D eigenvalue weighted by Crippen LogP contribution is -2.33. The Morgan fingerprint density at radius 3 is 2.16 bits per heavy atom. The molecular formula is C17H22O2. The molecule has 0 spiro atoms. The minimum atomic E-state index is -0.275. The quantitative estimate of drug-likeness (QED) is 0.741. The molecule has 2 rings (SSSR count). The predicted molar refractivity (Wildman–Crippen MR) is 78.1 cm³/mol. The zero-order chi connectivity index (χ0) is 13.9. The monoisotopic (exact) mass is 258 g/mol. The van der Waals surface area contributed by atoms with Gasteiger partial charge in [-0.3, -0.25) is 0 Å². The van der Waals surface area contributed by atoms with Gasteiger partial charge >= 0.3 is 5.97 Å². The Morgan fingerprint density at radius 2 is 1.63 bits per heavy atom. The van der Waals surface area contributed by atoms with Crippen molar-refractivity contribution in [3.05, 3.63) is 42.0 Å². The van der Waals surface area contributed by atoms with E-state index in [0.717, 1.165) is 36.8 Å². The lowest BCUT2D eigenvalue weighted by Gasteiger charge is -2.33. The summed E-state index contributed by atoms with van der Waals surface area (Å²) < 4.78 is 5.70. The maximum Gasteiger partial charge on any atom is 0.338 e. The average molecular weight is 258 g/mol. The zero-order valence-corrected chi connectivity index (χ0v) is 11.9. The van der Waals surface area contributed by atoms with Gasteiger partial charge in [-0.15, -0.1) is 0 Å². The Bertz CT molecular complexity index is 465. The fourth-order valence-electron chi connectivity index (χ4n) is 2.58. The highest BCUT2D eigenvalue weighted by Gasteiger charge is 2.31. The number of ether oxygens (including phenoxy) is 1. The maximum absolute atomic E-state index is 12.2. The number of benzene rings is 1. The fraction of sp³-hybridized carbons (Fsp3) is 0.471. The van der Waals surface area contributed by atoms with Crippen LogP contribution in [0.15, 0.2) is 30.8 Å². The summed E-state index contributed by atoms with van der Waals surface area (Å²) in [5, 5.41) is 0. The van der Waals surface area contributed by atoms with Gasteiger partial charge in [0.05, 0.1) is 5.56 Å². The van der Waals surface area contributed by atoms with Crippen LogP contribution in [0.25, 0.3) is 5.57 Å². The van der Waals surface area contributed by atoms with Gasteiger partial charge < -0.3 is 4.74 Å². The Kier molecular flexibility index (Phi) is 4.08. The normalized spacial score (nSPS) is 17.8. The predicted octanol–water partition coefficient (Wildman–Crippen LogP) is 4.60. The highest BCUT2D eigenvalue weighted by atomic mass is 16.6. The molecule has 1 aromatic rings. The molecule has 1 saturated carbocycles. The zero-order valence-electron chi connectivity index (χ0n) is 11.9. The number of esters is 1. The molecule has 0 N–H and O–H groups in total. The number of allylic oxidation sites excluding steroid dienone is 1. The van der Waals surface area contributed by atoms with E-state index in [9.17, 15) is 4.79 Å². The van der Waals surface area contributed by atoms with Gasteiger partial charge in [0.1, 0.15) is 5.60 Å². The van der Waals surface area contributed by atoms with E-state index in [4.69, 9.17) is 4.74 Å². The topological polar surface area (TPSA) is 26.3 Å². The van der Waals surface area contributed by atoms with Gasteiger partial charge in [-0.2, -0.15) is 0 Å². The summed E-state index contributed by atoms with van der Waals surface area (Å²) in [5.74, 6) is -0.210. The third kappa shape index (κ3) is 3.46. The maximum atomic E-state index is 12.2. The van der Waals surface area contributed by atoms with Crippen molar-refractivity contribution in [2.45, 2.75) is 51.6 Å². The Morgan fingerprint density at radius 1 is 1.11 bits per heavy atom. The Balaban J connectivity index is 2.05. The minimum Gasteiger partial charge on any atom is -0.456 e. The van der Waals surface area contributed by atoms with Crippen molar-refractivity contribution in [1.82, 2.24) is 0 Å². The summed E-state index contributed by atoms with van der Waals surface area (Å²) >= 11 is 0. The van der Waals surface area contributed by atoms with Crippen molar-refractivity contribution >= 4 is 11.5 Å². The van der Waals surface area contributed by atoms with E-state index in [1.807, 2.05) is 38.1 Å². The van der Waals surface area contributed by atoms with E-state index in [1.165, 1.54) is 6.42 Å². The molecule has 0 radical (unpaired) electrons. The van der Waals surface area contributed by atoms with E-state index in [2.05, 4.69) is 6.58 Å². The first-order valence-corrected chi connectivity index (χ1v) is 6.99. The molecule has 2 nitrogen and oxygen atoms in total. The molecule has 0 unspecified atom stereocenters. The smallest absolute Gasteiger partial charge is 0.338 e. The van der Waals surface area contributed by atoms with Crippen molar-refractivity contribution in [3.63, 3.8) is 0 Å². The summed E-state index contributed by atoms with van der Waals surface area (Å²) in [6.45, 7) is 7.89. The van der Waals surface area contributed by atoms with Crippen molar-refractivity contribution in [2.24, 2.45) is 0 Å². The molecular weight excluding hydrogens is 236 g/mol. The molecule has 0 amide bonds. The summed E-state index contributed by atoms with van der Waals surface area (Å²) in [6.07, 6.45) is 5.50. The standard InChI is InChI=1S/C17H22O2/c1-13(2)14-7-9-15(10-8-14)16(18)19-17(3)11-5-4-6-12-17/h7-10H,1,4-6,11-12H2,2-3H3. The largest absolute Gasteiger partial charge is 0.456 e. The van der Waals surface area contributed by atoms with Crippen molar-refractivity contribution in [3.8, 4) is 0 Å². The van der Waals surface area contributed by atoms with Gasteiger partial charge in [0.15, 0.2) is 0 Å². The van der Waals surface area contributed by atoms with Gasteiger partial charge in [-0.05, 0) is 57.2 Å². The van der Waals surface area contributed by atoms with Gasteiger partial charge in [0.2, 0.25) is 0 Å². The lowest BCUT2D eigenvalue weighted by molar-refractivity contribution is -0.0269. The van der Waals surface area contributed by atoms with Gasteiger partial charge in [-0.1, -0.05) is 30.7 Å². The summed E-state index contributed by atoms with van der Waals surface area (Å²) in [6, 6.07) is 7.47. The van der Waals surface area contributed by atoms with Gasteiger partial charge in [0, 0.05) is 0 Å². The first-order chi connectivity index (χ1) is 9.00. The summed E-state index contributed by atoms with van der Waals surface area (Å²) in [4.78, 5) is 12.2. The average Bonchev–Trinajstić information content (AvgIpc) is 2.39. The third-order valence-corrected chi connectivity index (χ3v) is 3.86. The molecule has 102 valence electrons. The number of hydrogen-bond donors (Lipinski definition) is 0. The third-order valence-electron chi connectivity index (χ3n) is 3.86. The van der Waals surface area contributed by atoms with Crippen LogP contribution < -0.4 is 0 Å². The molecule has 1 aliphatic carbocycles.